The molecule has 0 atom stereocenters. The van der Waals surface area contributed by atoms with Crippen molar-refractivity contribution >= 4 is 56.9 Å². The van der Waals surface area contributed by atoms with Crippen LogP contribution < -0.4 is 21.2 Å². The molecule has 0 saturated heterocycles. The molecule has 0 amide bonds. The van der Waals surface area contributed by atoms with Crippen LogP contribution in [0.1, 0.15) is 11.1 Å². The van der Waals surface area contributed by atoms with E-state index in [4.69, 9.17) is 33.8 Å². The summed E-state index contributed by atoms with van der Waals surface area (Å²) in [5, 5.41) is 16.0. The Hall–Kier alpha value is -4.04. The molecular weight excluding hydrogens is 623 g/mol. The fraction of sp³-hybridized carbons (Fsp3) is 0.0256. The highest BCUT2D eigenvalue weighted by atomic mass is 32.4. The third-order valence-electron chi connectivity index (χ3n) is 8.32. The number of benzene rings is 6. The van der Waals surface area contributed by atoms with E-state index in [-0.39, 0.29) is 0 Å². The van der Waals surface area contributed by atoms with Gasteiger partial charge >= 0.3 is 0 Å². The van der Waals surface area contributed by atoms with Gasteiger partial charge in [0.05, 0.1) is 6.04 Å². The van der Waals surface area contributed by atoms with E-state index in [1.807, 2.05) is 36.4 Å². The van der Waals surface area contributed by atoms with Gasteiger partial charge in [-0.25, -0.2) is 0 Å². The van der Waals surface area contributed by atoms with Gasteiger partial charge in [-0.1, -0.05) is 206 Å². The topological polar surface area (TPSA) is 24.7 Å². The summed E-state index contributed by atoms with van der Waals surface area (Å²) < 4.78 is 0. The Labute approximate surface area is 275 Å². The van der Waals surface area contributed by atoms with E-state index >= 15 is 0 Å². The zero-order valence-corrected chi connectivity index (χ0v) is 27.8. The fourth-order valence-electron chi connectivity index (χ4n) is 6.23. The summed E-state index contributed by atoms with van der Waals surface area (Å²) >= 11 is 14.2. The Bertz CT molecular complexity index is 1960. The Morgan fingerprint density at radius 1 is 0.378 bits per heavy atom. The van der Waals surface area contributed by atoms with Crippen LogP contribution in [-0.2, 0) is 29.2 Å². The van der Waals surface area contributed by atoms with E-state index in [0.29, 0.717) is 0 Å². The van der Waals surface area contributed by atoms with Gasteiger partial charge in [-0.05, 0) is 32.3 Å². The lowest BCUT2D eigenvalue weighted by Gasteiger charge is -2.38. The smallest absolute Gasteiger partial charge is 0.161 e. The SMILES string of the molecule is S=P(C1=C(P(=S)(c2ccccc2)c2ccccc2)C(c2ccccc2)(c2ccccc2)N=N1)(c1ccccc1)c1ccccc1. The molecule has 0 radical (unpaired) electrons. The molecular formula is C39H30N2P2S2. The molecule has 0 bridgehead atoms. The highest BCUT2D eigenvalue weighted by Crippen LogP contribution is 2.71. The average molecular weight is 653 g/mol. The van der Waals surface area contributed by atoms with Crippen molar-refractivity contribution in [1.82, 2.24) is 0 Å². The van der Waals surface area contributed by atoms with E-state index in [0.717, 1.165) is 43.1 Å². The van der Waals surface area contributed by atoms with Crippen LogP contribution in [0.15, 0.2) is 203 Å². The predicted octanol–water partition coefficient (Wildman–Crippen LogP) is 8.83. The first-order chi connectivity index (χ1) is 22.1. The summed E-state index contributed by atoms with van der Waals surface area (Å²) in [5.74, 6) is 0. The first-order valence-electron chi connectivity index (χ1n) is 14.8. The standard InChI is InChI=1S/C39H30N2P2S2/c44-42(33-23-11-3-12-24-33,34-25-13-4-14-26-34)37-38(43(45,35-27-15-5-16-28-35)36-29-17-6-18-30-36)40-41-39(37,31-19-7-1-8-20-31)32-21-9-2-10-22-32/h1-30H. The average Bonchev–Trinajstić information content (AvgIpc) is 3.56. The summed E-state index contributed by atoms with van der Waals surface area (Å²) in [7, 11) is 0. The van der Waals surface area contributed by atoms with Crippen molar-refractivity contribution in [3.8, 4) is 0 Å². The fourth-order valence-corrected chi connectivity index (χ4v) is 15.7. The lowest BCUT2D eigenvalue weighted by molar-refractivity contribution is 0.659. The van der Waals surface area contributed by atoms with Gasteiger partial charge in [0.15, 0.2) is 5.54 Å². The molecule has 45 heavy (non-hydrogen) atoms. The maximum Gasteiger partial charge on any atom is 0.161 e. The van der Waals surface area contributed by atoms with Crippen molar-refractivity contribution in [2.75, 3.05) is 0 Å². The van der Waals surface area contributed by atoms with E-state index in [1.54, 1.807) is 0 Å². The molecule has 0 spiro atoms. The summed E-state index contributed by atoms with van der Waals surface area (Å²) in [6.45, 7) is 0. The van der Waals surface area contributed by atoms with Crippen LogP contribution in [0.4, 0.5) is 0 Å². The van der Waals surface area contributed by atoms with Gasteiger partial charge in [-0.15, -0.1) is 0 Å². The van der Waals surface area contributed by atoms with Crippen LogP contribution in [-0.4, -0.2) is 0 Å². The second-order valence-electron chi connectivity index (χ2n) is 10.9. The van der Waals surface area contributed by atoms with E-state index in [2.05, 4.69) is 146 Å². The zero-order chi connectivity index (χ0) is 30.7. The molecule has 7 rings (SSSR count). The van der Waals surface area contributed by atoms with Crippen molar-refractivity contribution < 1.29 is 0 Å². The summed E-state index contributed by atoms with van der Waals surface area (Å²) in [5.41, 5.74) is 1.90. The second kappa shape index (κ2) is 12.4. The first-order valence-corrected chi connectivity index (χ1v) is 20.4. The van der Waals surface area contributed by atoms with Crippen LogP contribution >= 0.6 is 12.1 Å². The normalized spacial score (nSPS) is 14.4. The quantitative estimate of drug-likeness (QED) is 0.154. The van der Waals surface area contributed by atoms with Gasteiger partial charge in [0.25, 0.3) is 0 Å². The van der Waals surface area contributed by atoms with Crippen molar-refractivity contribution in [1.29, 1.82) is 0 Å². The Balaban J connectivity index is 1.72. The second-order valence-corrected chi connectivity index (χ2v) is 19.5. The number of azo groups is 1. The van der Waals surface area contributed by atoms with Crippen molar-refractivity contribution in [3.63, 3.8) is 0 Å². The van der Waals surface area contributed by atoms with Gasteiger partial charge in [-0.3, -0.25) is 0 Å². The molecule has 0 aromatic heterocycles. The van der Waals surface area contributed by atoms with Crippen molar-refractivity contribution in [2.45, 2.75) is 5.54 Å². The Kier molecular flexibility index (Phi) is 8.17. The van der Waals surface area contributed by atoms with E-state index in [9.17, 15) is 0 Å². The largest absolute Gasteiger partial charge is 0.167 e. The van der Waals surface area contributed by atoms with Crippen LogP contribution in [0.3, 0.4) is 0 Å². The monoisotopic (exact) mass is 652 g/mol. The summed E-state index contributed by atoms with van der Waals surface area (Å²) in [6.07, 6.45) is 0. The molecule has 0 unspecified atom stereocenters. The van der Waals surface area contributed by atoms with Crippen molar-refractivity contribution in [3.05, 3.63) is 204 Å². The molecule has 0 saturated carbocycles. The molecule has 0 fully saturated rings. The minimum atomic E-state index is -2.83. The van der Waals surface area contributed by atoms with Gasteiger partial charge in [0, 0.05) is 11.4 Å². The maximum absolute atomic E-state index is 7.19. The maximum atomic E-state index is 7.19. The van der Waals surface area contributed by atoms with Gasteiger partial charge in [0.2, 0.25) is 0 Å². The lowest BCUT2D eigenvalue weighted by atomic mass is 9.83. The van der Waals surface area contributed by atoms with Crippen LogP contribution in [0, 0.1) is 0 Å². The summed E-state index contributed by atoms with van der Waals surface area (Å²) in [6, 6.07) is 57.4. The third kappa shape index (κ3) is 4.94. The van der Waals surface area contributed by atoms with Crippen LogP contribution in [0.2, 0.25) is 0 Å². The number of rotatable bonds is 8. The highest BCUT2D eigenvalue weighted by Gasteiger charge is 2.53. The van der Waals surface area contributed by atoms with Crippen LogP contribution in [0.5, 0.6) is 0 Å². The molecule has 1 aliphatic heterocycles. The predicted molar refractivity (Wildman–Crippen MR) is 198 cm³/mol. The molecule has 6 heteroatoms. The minimum Gasteiger partial charge on any atom is -0.167 e. The molecule has 0 aliphatic carbocycles. The number of hydrogen-bond donors (Lipinski definition) is 0. The Morgan fingerprint density at radius 3 is 1.00 bits per heavy atom. The molecule has 2 nitrogen and oxygen atoms in total. The molecule has 6 aromatic rings. The van der Waals surface area contributed by atoms with Crippen LogP contribution in [0.25, 0.3) is 0 Å². The van der Waals surface area contributed by atoms with E-state index in [1.165, 1.54) is 0 Å². The van der Waals surface area contributed by atoms with Gasteiger partial charge in [0.1, 0.15) is 5.44 Å². The lowest BCUT2D eigenvalue weighted by Crippen LogP contribution is -2.32. The highest BCUT2D eigenvalue weighted by molar-refractivity contribution is 8.26. The molecule has 6 aromatic carbocycles. The number of nitrogens with zero attached hydrogens (tertiary/aromatic N) is 2. The Morgan fingerprint density at radius 2 is 0.667 bits per heavy atom. The third-order valence-corrected chi connectivity index (χ3v) is 18.3. The minimum absolute atomic E-state index is 0.832. The summed E-state index contributed by atoms with van der Waals surface area (Å²) in [4.78, 5) is 0. The van der Waals surface area contributed by atoms with Gasteiger partial charge in [-0.2, -0.15) is 10.2 Å². The molecule has 218 valence electrons. The molecule has 0 N–H and O–H groups in total. The van der Waals surface area contributed by atoms with Crippen molar-refractivity contribution in [2.24, 2.45) is 10.2 Å². The number of hydrogen-bond acceptors (Lipinski definition) is 4. The molecule has 1 heterocycles. The molecule has 1 aliphatic rings. The van der Waals surface area contributed by atoms with E-state index < -0.39 is 17.6 Å². The van der Waals surface area contributed by atoms with Gasteiger partial charge < -0.3 is 0 Å². The first kappa shape index (κ1) is 29.7. The zero-order valence-electron chi connectivity index (χ0n) is 24.4.